The summed E-state index contributed by atoms with van der Waals surface area (Å²) in [6.07, 6.45) is 0. The third kappa shape index (κ3) is 4.62. The van der Waals surface area contributed by atoms with Gasteiger partial charge in [0.2, 0.25) is 0 Å². The molecule has 0 heterocycles. The van der Waals surface area contributed by atoms with Crippen LogP contribution in [0, 0.1) is 10.1 Å². The minimum atomic E-state index is -0.691. The minimum absolute atomic E-state index is 0.0291. The molecule has 8 heteroatoms. The van der Waals surface area contributed by atoms with Gasteiger partial charge in [0.1, 0.15) is 0 Å². The Balaban J connectivity index is 2.55. The summed E-state index contributed by atoms with van der Waals surface area (Å²) in [6, 6.07) is 5.02. The van der Waals surface area contributed by atoms with E-state index in [2.05, 4.69) is 5.32 Å². The second kappa shape index (κ2) is 6.94. The van der Waals surface area contributed by atoms with Gasteiger partial charge in [-0.3, -0.25) is 20.2 Å². The number of nitro benzene ring substituents is 1. The van der Waals surface area contributed by atoms with Crippen molar-refractivity contribution in [1.29, 1.82) is 0 Å². The van der Waals surface area contributed by atoms with Gasteiger partial charge in [0.05, 0.1) is 4.92 Å². The maximum Gasteiger partial charge on any atom is 0.321 e. The monoisotopic (exact) mass is 267 g/mol. The summed E-state index contributed by atoms with van der Waals surface area (Å²) in [6.45, 7) is 1.60. The van der Waals surface area contributed by atoms with E-state index in [1.54, 1.807) is 13.0 Å². The molecule has 1 aromatic carbocycles. The highest BCUT2D eigenvalue weighted by Gasteiger charge is 2.15. The van der Waals surface area contributed by atoms with Gasteiger partial charge in [0.25, 0.3) is 5.91 Å². The van der Waals surface area contributed by atoms with Crippen LogP contribution in [0.4, 0.5) is 10.5 Å². The van der Waals surface area contributed by atoms with Crippen molar-refractivity contribution in [2.24, 2.45) is 0 Å². The number of benzene rings is 1. The average molecular weight is 267 g/mol. The van der Waals surface area contributed by atoms with Gasteiger partial charge in [0, 0.05) is 12.6 Å². The fraction of sp³-hybridized carbons (Fsp3) is 0.273. The summed E-state index contributed by atoms with van der Waals surface area (Å²) in [5.41, 5.74) is -0.242. The van der Waals surface area contributed by atoms with E-state index in [9.17, 15) is 19.7 Å². The molecule has 0 aliphatic rings. The van der Waals surface area contributed by atoms with Crippen LogP contribution in [0.3, 0.4) is 0 Å². The number of carbonyl (C=O) groups excluding carboxylic acids is 2. The molecule has 0 fully saturated rings. The fourth-order valence-corrected chi connectivity index (χ4v) is 1.24. The first-order chi connectivity index (χ1) is 9.04. The summed E-state index contributed by atoms with van der Waals surface area (Å²) in [5.74, 6) is -0.720. The van der Waals surface area contributed by atoms with E-state index in [0.717, 1.165) is 0 Å². The maximum atomic E-state index is 11.3. The van der Waals surface area contributed by atoms with Gasteiger partial charge in [0.15, 0.2) is 12.4 Å². The van der Waals surface area contributed by atoms with Crippen molar-refractivity contribution >= 4 is 17.6 Å². The molecule has 0 aliphatic heterocycles. The molecule has 2 N–H and O–H groups in total. The van der Waals surface area contributed by atoms with Crippen molar-refractivity contribution in [2.75, 3.05) is 13.2 Å². The molecular formula is C11H13N3O5. The van der Waals surface area contributed by atoms with Crippen molar-refractivity contribution in [3.8, 4) is 5.75 Å². The number of hydrogen-bond acceptors (Lipinski definition) is 5. The summed E-state index contributed by atoms with van der Waals surface area (Å²) in [4.78, 5) is 32.4. The van der Waals surface area contributed by atoms with Crippen molar-refractivity contribution in [1.82, 2.24) is 10.6 Å². The molecule has 0 unspecified atom stereocenters. The predicted molar refractivity (Wildman–Crippen MR) is 65.8 cm³/mol. The largest absolute Gasteiger partial charge is 0.477 e. The number of carbonyl (C=O) groups is 2. The number of rotatable bonds is 5. The van der Waals surface area contributed by atoms with E-state index < -0.39 is 23.5 Å². The smallest absolute Gasteiger partial charge is 0.321 e. The molecule has 0 saturated carbocycles. The second-order valence-electron chi connectivity index (χ2n) is 3.42. The summed E-state index contributed by atoms with van der Waals surface area (Å²) in [5, 5.41) is 15.1. The molecule has 19 heavy (non-hydrogen) atoms. The number of urea groups is 1. The second-order valence-corrected chi connectivity index (χ2v) is 3.42. The lowest BCUT2D eigenvalue weighted by Crippen LogP contribution is -2.41. The summed E-state index contributed by atoms with van der Waals surface area (Å²) in [7, 11) is 0. The quantitative estimate of drug-likeness (QED) is 0.606. The van der Waals surface area contributed by atoms with Crippen LogP contribution in [0.2, 0.25) is 0 Å². The van der Waals surface area contributed by atoms with Crippen LogP contribution in [0.5, 0.6) is 5.75 Å². The van der Waals surface area contributed by atoms with E-state index in [0.29, 0.717) is 6.54 Å². The van der Waals surface area contributed by atoms with Crippen molar-refractivity contribution in [2.45, 2.75) is 6.92 Å². The molecular weight excluding hydrogens is 254 g/mol. The van der Waals surface area contributed by atoms with Crippen LogP contribution >= 0.6 is 0 Å². The summed E-state index contributed by atoms with van der Waals surface area (Å²) < 4.78 is 5.01. The van der Waals surface area contributed by atoms with E-state index in [1.807, 2.05) is 5.32 Å². The highest BCUT2D eigenvalue weighted by molar-refractivity contribution is 5.94. The first-order valence-electron chi connectivity index (χ1n) is 5.48. The molecule has 1 rings (SSSR count). The molecule has 8 nitrogen and oxygen atoms in total. The van der Waals surface area contributed by atoms with Crippen molar-refractivity contribution in [3.63, 3.8) is 0 Å². The normalized spacial score (nSPS) is 9.53. The van der Waals surface area contributed by atoms with Crippen LogP contribution in [0.15, 0.2) is 24.3 Å². The van der Waals surface area contributed by atoms with Crippen molar-refractivity contribution < 1.29 is 19.2 Å². The average Bonchev–Trinajstić information content (AvgIpc) is 2.36. The topological polar surface area (TPSA) is 111 Å². The Hall–Kier alpha value is -2.64. The number of hydrogen-bond donors (Lipinski definition) is 2. The number of nitro groups is 1. The first kappa shape index (κ1) is 14.4. The lowest BCUT2D eigenvalue weighted by atomic mass is 10.3. The molecule has 3 amide bonds. The van der Waals surface area contributed by atoms with Gasteiger partial charge in [-0.2, -0.15) is 0 Å². The SMILES string of the molecule is CCNC(=O)NC(=O)COc1ccccc1[N+](=O)[O-]. The lowest BCUT2D eigenvalue weighted by Gasteiger charge is -2.07. The molecule has 102 valence electrons. The molecule has 0 saturated heterocycles. The van der Waals surface area contributed by atoms with E-state index >= 15 is 0 Å². The Kier molecular flexibility index (Phi) is 5.27. The third-order valence-corrected chi connectivity index (χ3v) is 2.01. The number of amides is 3. The van der Waals surface area contributed by atoms with Gasteiger partial charge >= 0.3 is 11.7 Å². The van der Waals surface area contributed by atoms with Crippen LogP contribution in [0.1, 0.15) is 6.92 Å². The Labute approximate surface area is 108 Å². The Morgan fingerprint density at radius 2 is 2.05 bits per heavy atom. The number of para-hydroxylation sites is 2. The zero-order valence-electron chi connectivity index (χ0n) is 10.2. The fourth-order valence-electron chi connectivity index (χ4n) is 1.24. The van der Waals surface area contributed by atoms with Crippen LogP contribution in [0.25, 0.3) is 0 Å². The Morgan fingerprint density at radius 1 is 1.37 bits per heavy atom. The highest BCUT2D eigenvalue weighted by atomic mass is 16.6. The van der Waals surface area contributed by atoms with Gasteiger partial charge in [-0.05, 0) is 13.0 Å². The van der Waals surface area contributed by atoms with Crippen LogP contribution in [-0.4, -0.2) is 30.0 Å². The van der Waals surface area contributed by atoms with Gasteiger partial charge in [-0.15, -0.1) is 0 Å². The van der Waals surface area contributed by atoms with E-state index in [-0.39, 0.29) is 11.4 Å². The number of ether oxygens (including phenoxy) is 1. The van der Waals surface area contributed by atoms with Crippen molar-refractivity contribution in [3.05, 3.63) is 34.4 Å². The molecule has 1 aromatic rings. The molecule has 0 atom stereocenters. The standard InChI is InChI=1S/C11H13N3O5/c1-2-12-11(16)13-10(15)7-19-9-6-4-3-5-8(9)14(17)18/h3-6H,2,7H2,1H3,(H2,12,13,15,16). The minimum Gasteiger partial charge on any atom is -0.477 e. The van der Waals surface area contributed by atoms with Gasteiger partial charge in [-0.1, -0.05) is 12.1 Å². The molecule has 0 bridgehead atoms. The van der Waals surface area contributed by atoms with Crippen LogP contribution < -0.4 is 15.4 Å². The molecule has 0 aliphatic carbocycles. The van der Waals surface area contributed by atoms with E-state index in [4.69, 9.17) is 4.74 Å². The molecule has 0 spiro atoms. The number of nitrogens with zero attached hydrogens (tertiary/aromatic N) is 1. The molecule has 0 radical (unpaired) electrons. The Bertz CT molecular complexity index is 489. The van der Waals surface area contributed by atoms with E-state index in [1.165, 1.54) is 18.2 Å². The van der Waals surface area contributed by atoms with Crippen LogP contribution in [-0.2, 0) is 4.79 Å². The zero-order valence-corrected chi connectivity index (χ0v) is 10.2. The highest BCUT2D eigenvalue weighted by Crippen LogP contribution is 2.25. The summed E-state index contributed by atoms with van der Waals surface area (Å²) >= 11 is 0. The third-order valence-electron chi connectivity index (χ3n) is 2.01. The number of nitrogens with one attached hydrogen (secondary N) is 2. The number of imide groups is 1. The lowest BCUT2D eigenvalue weighted by molar-refractivity contribution is -0.385. The maximum absolute atomic E-state index is 11.3. The molecule has 0 aromatic heterocycles. The van der Waals surface area contributed by atoms with Gasteiger partial charge < -0.3 is 10.1 Å². The van der Waals surface area contributed by atoms with Gasteiger partial charge in [-0.25, -0.2) is 4.79 Å². The Morgan fingerprint density at radius 3 is 2.68 bits per heavy atom. The first-order valence-corrected chi connectivity index (χ1v) is 5.48. The zero-order chi connectivity index (χ0) is 14.3. The predicted octanol–water partition coefficient (Wildman–Crippen LogP) is 0.819.